The van der Waals surface area contributed by atoms with Crippen LogP contribution in [0.25, 0.3) is 11.0 Å². The van der Waals surface area contributed by atoms with Gasteiger partial charge in [0.1, 0.15) is 5.82 Å². The van der Waals surface area contributed by atoms with E-state index in [1.165, 1.54) is 25.7 Å². The van der Waals surface area contributed by atoms with Crippen LogP contribution in [0.15, 0.2) is 18.2 Å². The zero-order valence-corrected chi connectivity index (χ0v) is 12.0. The Kier molecular flexibility index (Phi) is 3.04. The number of para-hydroxylation sites is 1. The third kappa shape index (κ3) is 2.09. The predicted molar refractivity (Wildman–Crippen MR) is 78.0 cm³/mol. The number of carboxylic acids is 1. The molecule has 1 aliphatic carbocycles. The largest absolute Gasteiger partial charge is 0.478 e. The summed E-state index contributed by atoms with van der Waals surface area (Å²) >= 11 is 0. The molecule has 4 nitrogen and oxygen atoms in total. The van der Waals surface area contributed by atoms with Crippen molar-refractivity contribution in [3.63, 3.8) is 0 Å². The molecule has 1 fully saturated rings. The van der Waals surface area contributed by atoms with Gasteiger partial charge in [0.25, 0.3) is 0 Å². The second-order valence-electron chi connectivity index (χ2n) is 6.24. The molecular weight excluding hydrogens is 252 g/mol. The van der Waals surface area contributed by atoms with E-state index >= 15 is 0 Å². The summed E-state index contributed by atoms with van der Waals surface area (Å²) < 4.78 is 2.10. The van der Waals surface area contributed by atoms with E-state index in [9.17, 15) is 9.90 Å². The lowest BCUT2D eigenvalue weighted by molar-refractivity contribution is 0.0698. The van der Waals surface area contributed by atoms with Crippen LogP contribution in [0.5, 0.6) is 0 Å². The summed E-state index contributed by atoms with van der Waals surface area (Å²) in [6, 6.07) is 5.32. The van der Waals surface area contributed by atoms with E-state index in [0.29, 0.717) is 5.56 Å². The van der Waals surface area contributed by atoms with Crippen LogP contribution in [0, 0.1) is 12.3 Å². The number of aromatic carboxylic acids is 1. The monoisotopic (exact) mass is 272 g/mol. The summed E-state index contributed by atoms with van der Waals surface area (Å²) in [5, 5.41) is 9.40. The Morgan fingerprint density at radius 2 is 2.10 bits per heavy atom. The van der Waals surface area contributed by atoms with Gasteiger partial charge in [-0.25, -0.2) is 9.78 Å². The summed E-state index contributed by atoms with van der Waals surface area (Å²) in [6.07, 6.45) is 4.96. The lowest BCUT2D eigenvalue weighted by Crippen LogP contribution is -2.21. The van der Waals surface area contributed by atoms with Crippen molar-refractivity contribution in [2.75, 3.05) is 0 Å². The number of benzene rings is 1. The van der Waals surface area contributed by atoms with Crippen molar-refractivity contribution < 1.29 is 9.90 Å². The zero-order chi connectivity index (χ0) is 14.3. The number of hydrogen-bond acceptors (Lipinski definition) is 2. The topological polar surface area (TPSA) is 55.1 Å². The van der Waals surface area contributed by atoms with Crippen molar-refractivity contribution in [2.24, 2.45) is 5.41 Å². The minimum atomic E-state index is -0.881. The Labute approximate surface area is 118 Å². The maximum Gasteiger partial charge on any atom is 0.337 e. The smallest absolute Gasteiger partial charge is 0.337 e. The average molecular weight is 272 g/mol. The highest BCUT2D eigenvalue weighted by Gasteiger charge is 2.30. The highest BCUT2D eigenvalue weighted by atomic mass is 16.4. The van der Waals surface area contributed by atoms with Crippen molar-refractivity contribution in [3.05, 3.63) is 29.6 Å². The molecule has 0 saturated heterocycles. The summed E-state index contributed by atoms with van der Waals surface area (Å²) in [4.78, 5) is 16.0. The van der Waals surface area contributed by atoms with Gasteiger partial charge >= 0.3 is 5.97 Å². The first-order chi connectivity index (χ1) is 9.50. The molecule has 3 rings (SSSR count). The number of aryl methyl sites for hydroxylation is 1. The Morgan fingerprint density at radius 1 is 1.40 bits per heavy atom. The van der Waals surface area contributed by atoms with Gasteiger partial charge in [0.2, 0.25) is 0 Å². The molecule has 1 saturated carbocycles. The van der Waals surface area contributed by atoms with Gasteiger partial charge in [-0.2, -0.15) is 0 Å². The highest BCUT2D eigenvalue weighted by Crippen LogP contribution is 2.40. The molecule has 0 radical (unpaired) electrons. The summed E-state index contributed by atoms with van der Waals surface area (Å²) in [5.74, 6) is 0.0233. The molecule has 20 heavy (non-hydrogen) atoms. The molecule has 4 heteroatoms. The maximum absolute atomic E-state index is 11.5. The summed E-state index contributed by atoms with van der Waals surface area (Å²) in [5.41, 5.74) is 2.17. The molecule has 0 unspecified atom stereocenters. The van der Waals surface area contributed by atoms with Crippen LogP contribution in [0.1, 0.15) is 48.8 Å². The first kappa shape index (κ1) is 13.2. The molecule has 1 heterocycles. The maximum atomic E-state index is 11.5. The lowest BCUT2D eigenvalue weighted by atomic mass is 9.88. The van der Waals surface area contributed by atoms with Gasteiger partial charge in [0.15, 0.2) is 0 Å². The normalized spacial score (nSPS) is 17.7. The highest BCUT2D eigenvalue weighted by molar-refractivity contribution is 6.01. The van der Waals surface area contributed by atoms with Gasteiger partial charge in [-0.05, 0) is 37.3 Å². The SMILES string of the molecule is Cc1nc2cccc(C(=O)O)c2n1CC1(C)CCCC1. The molecule has 106 valence electrons. The van der Waals surface area contributed by atoms with E-state index in [4.69, 9.17) is 0 Å². The minimum absolute atomic E-state index is 0.268. The Hall–Kier alpha value is -1.84. The first-order valence-corrected chi connectivity index (χ1v) is 7.19. The average Bonchev–Trinajstić information content (AvgIpc) is 2.95. The van der Waals surface area contributed by atoms with Gasteiger partial charge < -0.3 is 9.67 Å². The molecule has 0 bridgehead atoms. The third-order valence-electron chi connectivity index (χ3n) is 4.54. The van der Waals surface area contributed by atoms with Gasteiger partial charge in [-0.15, -0.1) is 0 Å². The molecule has 0 spiro atoms. The second kappa shape index (κ2) is 4.62. The van der Waals surface area contributed by atoms with E-state index < -0.39 is 5.97 Å². The number of aromatic nitrogens is 2. The lowest BCUT2D eigenvalue weighted by Gasteiger charge is -2.25. The zero-order valence-electron chi connectivity index (χ0n) is 12.0. The van der Waals surface area contributed by atoms with E-state index in [1.54, 1.807) is 12.1 Å². The van der Waals surface area contributed by atoms with Crippen molar-refractivity contribution in [1.29, 1.82) is 0 Å². The van der Waals surface area contributed by atoms with Crippen molar-refractivity contribution in [2.45, 2.75) is 46.1 Å². The van der Waals surface area contributed by atoms with Crippen molar-refractivity contribution >= 4 is 17.0 Å². The van der Waals surface area contributed by atoms with E-state index in [2.05, 4.69) is 16.5 Å². The van der Waals surface area contributed by atoms with Gasteiger partial charge in [-0.1, -0.05) is 25.8 Å². The number of nitrogens with zero attached hydrogens (tertiary/aromatic N) is 2. The Bertz CT molecular complexity index is 666. The second-order valence-corrected chi connectivity index (χ2v) is 6.24. The third-order valence-corrected chi connectivity index (χ3v) is 4.54. The van der Waals surface area contributed by atoms with Gasteiger partial charge in [0, 0.05) is 6.54 Å². The van der Waals surface area contributed by atoms with Gasteiger partial charge in [-0.3, -0.25) is 0 Å². The number of hydrogen-bond donors (Lipinski definition) is 1. The van der Waals surface area contributed by atoms with Crippen LogP contribution in [0.3, 0.4) is 0 Å². The van der Waals surface area contributed by atoms with Crippen LogP contribution in [-0.2, 0) is 6.54 Å². The Balaban J connectivity index is 2.14. The minimum Gasteiger partial charge on any atom is -0.478 e. The first-order valence-electron chi connectivity index (χ1n) is 7.19. The number of imidazole rings is 1. The van der Waals surface area contributed by atoms with Crippen LogP contribution in [0.4, 0.5) is 0 Å². The van der Waals surface area contributed by atoms with E-state index in [0.717, 1.165) is 23.4 Å². The van der Waals surface area contributed by atoms with Crippen LogP contribution >= 0.6 is 0 Å². The molecule has 0 atom stereocenters. The quantitative estimate of drug-likeness (QED) is 0.928. The standard InChI is InChI=1S/C16H20N2O2/c1-11-17-13-7-5-6-12(15(19)20)14(13)18(11)10-16(2)8-3-4-9-16/h5-7H,3-4,8-10H2,1-2H3,(H,19,20). The van der Waals surface area contributed by atoms with Crippen LogP contribution < -0.4 is 0 Å². The number of carbonyl (C=O) groups is 1. The molecule has 2 aromatic rings. The van der Waals surface area contributed by atoms with Crippen molar-refractivity contribution in [3.8, 4) is 0 Å². The number of fused-ring (bicyclic) bond motifs is 1. The molecule has 0 aliphatic heterocycles. The number of rotatable bonds is 3. The number of carboxylic acid groups (broad SMARTS) is 1. The van der Waals surface area contributed by atoms with E-state index in [-0.39, 0.29) is 5.41 Å². The molecular formula is C16H20N2O2. The Morgan fingerprint density at radius 3 is 2.75 bits per heavy atom. The van der Waals surface area contributed by atoms with Crippen LogP contribution in [-0.4, -0.2) is 20.6 Å². The fraction of sp³-hybridized carbons (Fsp3) is 0.500. The van der Waals surface area contributed by atoms with Crippen molar-refractivity contribution in [1.82, 2.24) is 9.55 Å². The fourth-order valence-electron chi connectivity index (χ4n) is 3.44. The van der Waals surface area contributed by atoms with E-state index in [1.807, 2.05) is 13.0 Å². The molecule has 1 aliphatic rings. The van der Waals surface area contributed by atoms with Crippen LogP contribution in [0.2, 0.25) is 0 Å². The fourth-order valence-corrected chi connectivity index (χ4v) is 3.44. The summed E-state index contributed by atoms with van der Waals surface area (Å²) in [7, 11) is 0. The predicted octanol–water partition coefficient (Wildman–Crippen LogP) is 3.62. The molecule has 0 amide bonds. The van der Waals surface area contributed by atoms with Gasteiger partial charge in [0.05, 0.1) is 16.6 Å². The molecule has 1 aromatic carbocycles. The summed E-state index contributed by atoms with van der Waals surface area (Å²) in [6.45, 7) is 5.12. The molecule has 1 N–H and O–H groups in total. The molecule has 1 aromatic heterocycles.